The average molecular weight is 335 g/mol. The third-order valence-electron chi connectivity index (χ3n) is 3.15. The average Bonchev–Trinajstić information content (AvgIpc) is 2.53. The summed E-state index contributed by atoms with van der Waals surface area (Å²) in [5, 5.41) is 2.85. The minimum absolute atomic E-state index is 0.0269. The lowest BCUT2D eigenvalue weighted by molar-refractivity contribution is 0.0175. The number of ether oxygens (including phenoxy) is 1. The molecular weight excluding hydrogens is 316 g/mol. The molecule has 2 rings (SSSR count). The van der Waals surface area contributed by atoms with E-state index in [2.05, 4.69) is 15.3 Å². The van der Waals surface area contributed by atoms with Crippen LogP contribution in [0.1, 0.15) is 18.1 Å². The van der Waals surface area contributed by atoms with Gasteiger partial charge in [-0.05, 0) is 19.1 Å². The van der Waals surface area contributed by atoms with Gasteiger partial charge in [0.2, 0.25) is 0 Å². The first-order valence-electron chi connectivity index (χ1n) is 7.17. The maximum Gasteiger partial charge on any atom is 0.318 e. The zero-order valence-electron chi connectivity index (χ0n) is 13.4. The van der Waals surface area contributed by atoms with Crippen molar-refractivity contribution in [1.29, 1.82) is 0 Å². The van der Waals surface area contributed by atoms with E-state index < -0.39 is 5.92 Å². The molecule has 8 heteroatoms. The molecule has 0 saturated carbocycles. The van der Waals surface area contributed by atoms with Crippen molar-refractivity contribution in [2.45, 2.75) is 19.8 Å². The van der Waals surface area contributed by atoms with E-state index in [0.717, 1.165) is 12.5 Å². The van der Waals surface area contributed by atoms with Gasteiger partial charge in [-0.2, -0.15) is 4.98 Å². The first kappa shape index (κ1) is 17.5. The summed E-state index contributed by atoms with van der Waals surface area (Å²) < 4.78 is 31.9. The number of rotatable bonds is 6. The van der Waals surface area contributed by atoms with Crippen LogP contribution in [0.5, 0.6) is 6.01 Å². The van der Waals surface area contributed by atoms with Crippen molar-refractivity contribution >= 4 is 11.5 Å². The van der Waals surface area contributed by atoms with Crippen LogP contribution in [0.3, 0.4) is 0 Å². The van der Waals surface area contributed by atoms with Crippen molar-refractivity contribution in [1.82, 2.24) is 9.97 Å². The van der Waals surface area contributed by atoms with Crippen LogP contribution in [0.2, 0.25) is 0 Å². The summed E-state index contributed by atoms with van der Waals surface area (Å²) >= 11 is 0. The third-order valence-corrected chi connectivity index (χ3v) is 3.15. The minimum Gasteiger partial charge on any atom is -0.457 e. The summed E-state index contributed by atoms with van der Waals surface area (Å²) in [5.74, 6) is -2.57. The van der Waals surface area contributed by atoms with Gasteiger partial charge in [0.05, 0.1) is 5.70 Å². The quantitative estimate of drug-likeness (QED) is 0.751. The molecular formula is C16H19F2N5O. The van der Waals surface area contributed by atoms with Crippen LogP contribution in [0.4, 0.5) is 20.3 Å². The van der Waals surface area contributed by atoms with Crippen LogP contribution < -0.4 is 21.5 Å². The zero-order valence-corrected chi connectivity index (χ0v) is 13.4. The van der Waals surface area contributed by atoms with Gasteiger partial charge in [0.15, 0.2) is 0 Å². The van der Waals surface area contributed by atoms with Crippen molar-refractivity contribution in [2.24, 2.45) is 5.73 Å². The van der Waals surface area contributed by atoms with Gasteiger partial charge in [-0.3, -0.25) is 0 Å². The van der Waals surface area contributed by atoms with Crippen molar-refractivity contribution in [3.63, 3.8) is 0 Å². The van der Waals surface area contributed by atoms with E-state index in [1.165, 1.54) is 18.3 Å². The van der Waals surface area contributed by atoms with Gasteiger partial charge in [-0.1, -0.05) is 12.1 Å². The Morgan fingerprint density at radius 3 is 2.83 bits per heavy atom. The molecule has 128 valence electrons. The number of alkyl halides is 2. The maximum absolute atomic E-state index is 13.3. The number of anilines is 2. The molecule has 1 aromatic heterocycles. The van der Waals surface area contributed by atoms with E-state index in [1.807, 2.05) is 0 Å². The van der Waals surface area contributed by atoms with Crippen molar-refractivity contribution < 1.29 is 13.5 Å². The monoisotopic (exact) mass is 335 g/mol. The number of nitrogens with one attached hydrogen (secondary N) is 1. The molecule has 0 aliphatic carbocycles. The Kier molecular flexibility index (Phi) is 5.18. The molecule has 0 amide bonds. The number of hydrogen-bond donors (Lipinski definition) is 3. The molecule has 0 fully saturated rings. The normalized spacial score (nSPS) is 12.1. The fourth-order valence-electron chi connectivity index (χ4n) is 1.76. The number of aromatic nitrogens is 2. The van der Waals surface area contributed by atoms with Crippen molar-refractivity contribution in [3.05, 3.63) is 53.5 Å². The Hall–Kier alpha value is -2.90. The highest BCUT2D eigenvalue weighted by Gasteiger charge is 2.23. The van der Waals surface area contributed by atoms with Gasteiger partial charge in [0.1, 0.15) is 12.4 Å². The Balaban J connectivity index is 1.95. The van der Waals surface area contributed by atoms with Gasteiger partial charge in [0, 0.05) is 36.1 Å². The Bertz CT molecular complexity index is 743. The number of aryl methyl sites for hydroxylation is 1. The predicted octanol–water partition coefficient (Wildman–Crippen LogP) is 2.77. The molecule has 0 aliphatic heterocycles. The van der Waals surface area contributed by atoms with Crippen molar-refractivity contribution in [2.75, 3.05) is 17.7 Å². The number of nitrogens with two attached hydrogens (primary N) is 2. The van der Waals surface area contributed by atoms with Gasteiger partial charge in [-0.25, -0.2) is 13.8 Å². The van der Waals surface area contributed by atoms with Crippen LogP contribution in [-0.4, -0.2) is 16.6 Å². The summed E-state index contributed by atoms with van der Waals surface area (Å²) in [6.45, 7) is 2.65. The molecule has 0 aliphatic rings. The molecule has 6 nitrogen and oxygen atoms in total. The zero-order chi connectivity index (χ0) is 17.7. The van der Waals surface area contributed by atoms with Gasteiger partial charge < -0.3 is 21.5 Å². The smallest absolute Gasteiger partial charge is 0.318 e. The summed E-state index contributed by atoms with van der Waals surface area (Å²) in [6, 6.07) is 6.03. The molecule has 0 bridgehead atoms. The Labute approximate surface area is 138 Å². The van der Waals surface area contributed by atoms with Crippen LogP contribution in [0.25, 0.3) is 0 Å². The van der Waals surface area contributed by atoms with Crippen molar-refractivity contribution in [3.8, 4) is 6.01 Å². The summed E-state index contributed by atoms with van der Waals surface area (Å²) in [6.07, 6.45) is 3.01. The SMILES string of the molecule is Cc1cnc(OC/C(N)=C/Nc2cccc(C(C)(F)F)c2)nc1N. The first-order chi connectivity index (χ1) is 11.3. The second-order valence-electron chi connectivity index (χ2n) is 5.34. The standard InChI is InChI=1S/C16H19F2N5O/c1-10-7-22-15(23-14(10)20)24-9-12(19)8-21-13-5-3-4-11(6-13)16(2,17)18/h3-8,21H,9,19H2,1-2H3,(H2,20,22,23)/b12-8-. The molecule has 0 saturated heterocycles. The van der Waals surface area contributed by atoms with Gasteiger partial charge in [-0.15, -0.1) is 0 Å². The van der Waals surface area contributed by atoms with E-state index in [9.17, 15) is 8.78 Å². The second-order valence-corrected chi connectivity index (χ2v) is 5.34. The lowest BCUT2D eigenvalue weighted by atomic mass is 10.1. The minimum atomic E-state index is -2.90. The van der Waals surface area contributed by atoms with Crippen LogP contribution >= 0.6 is 0 Å². The molecule has 0 spiro atoms. The first-order valence-corrected chi connectivity index (χ1v) is 7.17. The van der Waals surface area contributed by atoms with Crippen LogP contribution in [0.15, 0.2) is 42.4 Å². The van der Waals surface area contributed by atoms with Gasteiger partial charge in [0.25, 0.3) is 5.92 Å². The van der Waals surface area contributed by atoms with Gasteiger partial charge >= 0.3 is 6.01 Å². The maximum atomic E-state index is 13.3. The number of halogens is 2. The van der Waals surface area contributed by atoms with Crippen LogP contribution in [0, 0.1) is 6.92 Å². The summed E-state index contributed by atoms with van der Waals surface area (Å²) in [5.41, 5.74) is 13.0. The highest BCUT2D eigenvalue weighted by Crippen LogP contribution is 2.28. The summed E-state index contributed by atoms with van der Waals surface area (Å²) in [7, 11) is 0. The molecule has 2 aromatic rings. The molecule has 1 heterocycles. The number of nitrogen functional groups attached to an aromatic ring is 1. The fourth-order valence-corrected chi connectivity index (χ4v) is 1.76. The fraction of sp³-hybridized carbons (Fsp3) is 0.250. The van der Waals surface area contributed by atoms with Crippen LogP contribution in [-0.2, 0) is 5.92 Å². The molecule has 0 atom stereocenters. The molecule has 0 radical (unpaired) electrons. The molecule has 0 unspecified atom stereocenters. The van der Waals surface area contributed by atoms with E-state index in [1.54, 1.807) is 25.3 Å². The van der Waals surface area contributed by atoms with E-state index in [4.69, 9.17) is 16.2 Å². The highest BCUT2D eigenvalue weighted by atomic mass is 19.3. The Morgan fingerprint density at radius 2 is 2.17 bits per heavy atom. The molecule has 1 aromatic carbocycles. The largest absolute Gasteiger partial charge is 0.457 e. The lowest BCUT2D eigenvalue weighted by Crippen LogP contribution is -2.13. The third kappa shape index (κ3) is 4.80. The summed E-state index contributed by atoms with van der Waals surface area (Å²) in [4.78, 5) is 7.93. The molecule has 5 N–H and O–H groups in total. The van der Waals surface area contributed by atoms with E-state index in [0.29, 0.717) is 17.2 Å². The highest BCUT2D eigenvalue weighted by molar-refractivity contribution is 5.49. The lowest BCUT2D eigenvalue weighted by Gasteiger charge is -2.12. The Morgan fingerprint density at radius 1 is 1.42 bits per heavy atom. The number of nitrogens with zero attached hydrogens (tertiary/aromatic N) is 2. The topological polar surface area (TPSA) is 99.1 Å². The number of hydrogen-bond acceptors (Lipinski definition) is 6. The predicted molar refractivity (Wildman–Crippen MR) is 88.6 cm³/mol. The molecule has 24 heavy (non-hydrogen) atoms. The number of benzene rings is 1. The van der Waals surface area contributed by atoms with E-state index in [-0.39, 0.29) is 18.2 Å². The second kappa shape index (κ2) is 7.12. The van der Waals surface area contributed by atoms with E-state index >= 15 is 0 Å².